The van der Waals surface area contributed by atoms with E-state index in [9.17, 15) is 9.18 Å². The smallest absolute Gasteiger partial charge is 0.254 e. The summed E-state index contributed by atoms with van der Waals surface area (Å²) in [6.07, 6.45) is 0. The van der Waals surface area contributed by atoms with E-state index in [0.717, 1.165) is 0 Å². The van der Waals surface area contributed by atoms with Gasteiger partial charge in [-0.1, -0.05) is 0 Å². The van der Waals surface area contributed by atoms with Crippen LogP contribution in [0.15, 0.2) is 22.7 Å². The van der Waals surface area contributed by atoms with E-state index in [0.29, 0.717) is 21.6 Å². The monoisotopic (exact) mass is 324 g/mol. The number of aromatic nitrogens is 2. The second kappa shape index (κ2) is 4.93. The van der Waals surface area contributed by atoms with Gasteiger partial charge in [-0.15, -0.1) is 0 Å². The molecular formula is C12H10BrFN4O. The highest BCUT2D eigenvalue weighted by atomic mass is 79.9. The number of carbonyl (C=O) groups excluding carboxylic acids is 1. The fraction of sp³-hybridized carbons (Fsp3) is 0.0833. The molecular weight excluding hydrogens is 315 g/mol. The molecule has 0 spiro atoms. The highest BCUT2D eigenvalue weighted by molar-refractivity contribution is 9.10. The molecule has 1 aromatic heterocycles. The number of nitrogens with two attached hydrogens (primary N) is 2. The van der Waals surface area contributed by atoms with Gasteiger partial charge in [-0.3, -0.25) is 4.79 Å². The molecule has 0 aliphatic rings. The molecule has 0 radical (unpaired) electrons. The van der Waals surface area contributed by atoms with Gasteiger partial charge in [-0.25, -0.2) is 14.4 Å². The summed E-state index contributed by atoms with van der Waals surface area (Å²) in [5.41, 5.74) is 12.0. The van der Waals surface area contributed by atoms with E-state index < -0.39 is 5.91 Å². The van der Waals surface area contributed by atoms with Crippen LogP contribution < -0.4 is 11.5 Å². The fourth-order valence-corrected chi connectivity index (χ4v) is 2.04. The number of hydrogen-bond donors (Lipinski definition) is 2. The average Bonchev–Trinajstić information content (AvgIpc) is 2.31. The molecule has 5 nitrogen and oxygen atoms in total. The predicted octanol–water partition coefficient (Wildman–Crippen LogP) is 2.03. The van der Waals surface area contributed by atoms with Crippen LogP contribution in [0.2, 0.25) is 0 Å². The van der Waals surface area contributed by atoms with Crippen LogP contribution in [-0.2, 0) is 0 Å². The van der Waals surface area contributed by atoms with Gasteiger partial charge in [0, 0.05) is 5.56 Å². The Kier molecular flexibility index (Phi) is 3.48. The fourth-order valence-electron chi connectivity index (χ4n) is 1.66. The third kappa shape index (κ3) is 2.55. The summed E-state index contributed by atoms with van der Waals surface area (Å²) in [4.78, 5) is 19.4. The quantitative estimate of drug-likeness (QED) is 0.883. The summed E-state index contributed by atoms with van der Waals surface area (Å²) < 4.78 is 13.5. The van der Waals surface area contributed by atoms with Gasteiger partial charge in [0.05, 0.1) is 10.2 Å². The SMILES string of the molecule is Cc1nc(-c2ccc(F)c(Br)c2)nc(N)c1C(N)=O. The highest BCUT2D eigenvalue weighted by Crippen LogP contribution is 2.24. The van der Waals surface area contributed by atoms with Crippen LogP contribution in [0.4, 0.5) is 10.2 Å². The van der Waals surface area contributed by atoms with Gasteiger partial charge in [0.2, 0.25) is 0 Å². The van der Waals surface area contributed by atoms with Crippen molar-refractivity contribution in [2.75, 3.05) is 5.73 Å². The molecule has 1 aromatic carbocycles. The Morgan fingerprint density at radius 2 is 2.05 bits per heavy atom. The number of hydrogen-bond acceptors (Lipinski definition) is 4. The molecule has 0 unspecified atom stereocenters. The number of halogens is 2. The van der Waals surface area contributed by atoms with Crippen LogP contribution in [0.25, 0.3) is 11.4 Å². The van der Waals surface area contributed by atoms with Crippen molar-refractivity contribution in [2.24, 2.45) is 5.73 Å². The van der Waals surface area contributed by atoms with Crippen molar-refractivity contribution in [1.29, 1.82) is 0 Å². The Labute approximate surface area is 117 Å². The lowest BCUT2D eigenvalue weighted by Gasteiger charge is -2.08. The van der Waals surface area contributed by atoms with Crippen molar-refractivity contribution < 1.29 is 9.18 Å². The summed E-state index contributed by atoms with van der Waals surface area (Å²) >= 11 is 3.08. The van der Waals surface area contributed by atoms with Crippen molar-refractivity contribution in [3.63, 3.8) is 0 Å². The van der Waals surface area contributed by atoms with Crippen molar-refractivity contribution in [3.05, 3.63) is 39.7 Å². The summed E-state index contributed by atoms with van der Waals surface area (Å²) in [5, 5.41) is 0. The number of primary amides is 1. The molecule has 0 aliphatic carbocycles. The molecule has 0 saturated carbocycles. The van der Waals surface area contributed by atoms with Gasteiger partial charge in [-0.05, 0) is 41.1 Å². The first-order valence-electron chi connectivity index (χ1n) is 5.29. The van der Waals surface area contributed by atoms with E-state index in [1.54, 1.807) is 6.92 Å². The van der Waals surface area contributed by atoms with Crippen LogP contribution in [0.1, 0.15) is 16.1 Å². The third-order valence-electron chi connectivity index (χ3n) is 2.54. The van der Waals surface area contributed by atoms with E-state index in [4.69, 9.17) is 11.5 Å². The summed E-state index contributed by atoms with van der Waals surface area (Å²) in [6, 6.07) is 4.35. The van der Waals surface area contributed by atoms with Gasteiger partial charge < -0.3 is 11.5 Å². The Morgan fingerprint density at radius 3 is 2.58 bits per heavy atom. The van der Waals surface area contributed by atoms with Crippen molar-refractivity contribution in [1.82, 2.24) is 9.97 Å². The van der Waals surface area contributed by atoms with Crippen LogP contribution in [0.3, 0.4) is 0 Å². The zero-order valence-corrected chi connectivity index (χ0v) is 11.5. The molecule has 1 heterocycles. The molecule has 0 bridgehead atoms. The maximum atomic E-state index is 13.2. The van der Waals surface area contributed by atoms with E-state index >= 15 is 0 Å². The predicted molar refractivity (Wildman–Crippen MR) is 72.8 cm³/mol. The average molecular weight is 325 g/mol. The molecule has 2 rings (SSSR count). The Balaban J connectivity index is 2.58. The van der Waals surface area contributed by atoms with Crippen molar-refractivity contribution >= 4 is 27.7 Å². The van der Waals surface area contributed by atoms with Crippen molar-refractivity contribution in [3.8, 4) is 11.4 Å². The first kappa shape index (κ1) is 13.4. The number of nitrogens with zero attached hydrogens (tertiary/aromatic N) is 2. The number of aryl methyl sites for hydroxylation is 1. The first-order chi connectivity index (χ1) is 8.90. The summed E-state index contributed by atoms with van der Waals surface area (Å²) in [7, 11) is 0. The van der Waals surface area contributed by atoms with E-state index in [2.05, 4.69) is 25.9 Å². The third-order valence-corrected chi connectivity index (χ3v) is 3.15. The number of amides is 1. The lowest BCUT2D eigenvalue weighted by Crippen LogP contribution is -2.17. The molecule has 98 valence electrons. The molecule has 2 aromatic rings. The second-order valence-corrected chi connectivity index (χ2v) is 4.74. The maximum absolute atomic E-state index is 13.2. The number of nitrogen functional groups attached to an aromatic ring is 1. The zero-order chi connectivity index (χ0) is 14.2. The van der Waals surface area contributed by atoms with Crippen LogP contribution in [0, 0.1) is 12.7 Å². The number of carbonyl (C=O) groups is 1. The topological polar surface area (TPSA) is 94.9 Å². The summed E-state index contributed by atoms with van der Waals surface area (Å²) in [5.74, 6) is -0.750. The molecule has 0 saturated heterocycles. The van der Waals surface area contributed by atoms with Gasteiger partial charge in [0.15, 0.2) is 5.82 Å². The Hall–Kier alpha value is -2.02. The van der Waals surface area contributed by atoms with Gasteiger partial charge >= 0.3 is 0 Å². The Morgan fingerprint density at radius 1 is 1.37 bits per heavy atom. The van der Waals surface area contributed by atoms with Gasteiger partial charge in [0.1, 0.15) is 17.2 Å². The highest BCUT2D eigenvalue weighted by Gasteiger charge is 2.15. The number of anilines is 1. The minimum atomic E-state index is -0.679. The largest absolute Gasteiger partial charge is 0.383 e. The summed E-state index contributed by atoms with van der Waals surface area (Å²) in [6.45, 7) is 1.61. The standard InChI is InChI=1S/C12H10BrFN4O/c1-5-9(11(16)19)10(15)18-12(17-5)6-2-3-8(14)7(13)4-6/h2-4H,1H3,(H2,16,19)(H2,15,17,18). The molecule has 0 fully saturated rings. The Bertz CT molecular complexity index is 652. The zero-order valence-electron chi connectivity index (χ0n) is 9.95. The molecule has 1 amide bonds. The van der Waals surface area contributed by atoms with Gasteiger partial charge in [0.25, 0.3) is 5.91 Å². The molecule has 0 aliphatic heterocycles. The molecule has 19 heavy (non-hydrogen) atoms. The van der Waals surface area contributed by atoms with Crippen molar-refractivity contribution in [2.45, 2.75) is 6.92 Å². The van der Waals surface area contributed by atoms with Gasteiger partial charge in [-0.2, -0.15) is 0 Å². The first-order valence-corrected chi connectivity index (χ1v) is 6.08. The van der Waals surface area contributed by atoms with E-state index in [-0.39, 0.29) is 17.2 Å². The normalized spacial score (nSPS) is 10.5. The maximum Gasteiger partial charge on any atom is 0.254 e. The molecule has 4 N–H and O–H groups in total. The van der Waals surface area contributed by atoms with Crippen LogP contribution >= 0.6 is 15.9 Å². The van der Waals surface area contributed by atoms with E-state index in [1.807, 2.05) is 0 Å². The number of benzene rings is 1. The molecule has 7 heteroatoms. The number of rotatable bonds is 2. The second-order valence-electron chi connectivity index (χ2n) is 3.89. The molecule has 0 atom stereocenters. The van der Waals surface area contributed by atoms with Crippen LogP contribution in [0.5, 0.6) is 0 Å². The van der Waals surface area contributed by atoms with E-state index in [1.165, 1.54) is 18.2 Å². The van der Waals surface area contributed by atoms with Crippen LogP contribution in [-0.4, -0.2) is 15.9 Å². The minimum Gasteiger partial charge on any atom is -0.383 e. The lowest BCUT2D eigenvalue weighted by molar-refractivity contribution is 0.1000. The lowest BCUT2D eigenvalue weighted by atomic mass is 10.1. The minimum absolute atomic E-state index is 0.00967.